The van der Waals surface area contributed by atoms with Crippen molar-refractivity contribution in [2.45, 2.75) is 13.1 Å². The summed E-state index contributed by atoms with van der Waals surface area (Å²) in [5.41, 5.74) is 3.78. The first-order valence-electron chi connectivity index (χ1n) is 8.35. The number of rotatable bonds is 5. The number of hydrogen-bond donors (Lipinski definition) is 1. The second-order valence-electron chi connectivity index (χ2n) is 6.00. The number of ether oxygens (including phenoxy) is 1. The lowest BCUT2D eigenvalue weighted by atomic mass is 10.1. The second-order valence-corrected chi connectivity index (χ2v) is 7.03. The summed E-state index contributed by atoms with van der Waals surface area (Å²) in [4.78, 5) is 7.11. The molecule has 2 aromatic carbocycles. The van der Waals surface area contributed by atoms with Crippen LogP contribution in [0.4, 0.5) is 5.13 Å². The van der Waals surface area contributed by atoms with Gasteiger partial charge < -0.3 is 10.1 Å². The number of anilines is 1. The molecule has 5 heteroatoms. The molecule has 124 valence electrons. The molecule has 3 aromatic rings. The Morgan fingerprint density at radius 1 is 1.00 bits per heavy atom. The van der Waals surface area contributed by atoms with Crippen LogP contribution in [0.15, 0.2) is 48.5 Å². The molecule has 1 saturated heterocycles. The Morgan fingerprint density at radius 3 is 2.58 bits per heavy atom. The van der Waals surface area contributed by atoms with Gasteiger partial charge in [-0.15, -0.1) is 0 Å². The molecule has 2 heterocycles. The van der Waals surface area contributed by atoms with Gasteiger partial charge in [0, 0.05) is 26.2 Å². The van der Waals surface area contributed by atoms with E-state index in [0.29, 0.717) is 0 Å². The minimum Gasteiger partial charge on any atom is -0.379 e. The second kappa shape index (κ2) is 7.30. The number of benzene rings is 2. The van der Waals surface area contributed by atoms with Crippen LogP contribution in [0.2, 0.25) is 0 Å². The van der Waals surface area contributed by atoms with Crippen LogP contribution in [0.25, 0.3) is 10.2 Å². The monoisotopic (exact) mass is 339 g/mol. The topological polar surface area (TPSA) is 37.4 Å². The summed E-state index contributed by atoms with van der Waals surface area (Å²) in [6.07, 6.45) is 0. The smallest absolute Gasteiger partial charge is 0.184 e. The number of hydrogen-bond acceptors (Lipinski definition) is 5. The molecule has 1 N–H and O–H groups in total. The third-order valence-corrected chi connectivity index (χ3v) is 5.33. The number of fused-ring (bicyclic) bond motifs is 1. The van der Waals surface area contributed by atoms with Crippen molar-refractivity contribution >= 4 is 26.7 Å². The standard InChI is InChI=1S/C19H21N3OS/c1-2-6-16(14-22-9-11-23-12-10-22)15(5-1)13-20-19-21-17-7-3-4-8-18(17)24-19/h1-8H,9-14H2,(H,20,21). The third kappa shape index (κ3) is 3.59. The van der Waals surface area contributed by atoms with E-state index < -0.39 is 0 Å². The summed E-state index contributed by atoms with van der Waals surface area (Å²) >= 11 is 1.71. The highest BCUT2D eigenvalue weighted by Gasteiger charge is 2.12. The average molecular weight is 339 g/mol. The van der Waals surface area contributed by atoms with Gasteiger partial charge in [-0.2, -0.15) is 0 Å². The molecule has 0 atom stereocenters. The maximum Gasteiger partial charge on any atom is 0.184 e. The van der Waals surface area contributed by atoms with Gasteiger partial charge in [-0.05, 0) is 23.3 Å². The molecular formula is C19H21N3OS. The van der Waals surface area contributed by atoms with Gasteiger partial charge in [-0.1, -0.05) is 47.7 Å². The maximum absolute atomic E-state index is 5.44. The number of morpholine rings is 1. The first-order chi connectivity index (χ1) is 11.9. The molecule has 4 nitrogen and oxygen atoms in total. The number of aromatic nitrogens is 1. The molecular weight excluding hydrogens is 318 g/mol. The molecule has 0 bridgehead atoms. The van der Waals surface area contributed by atoms with Gasteiger partial charge in [0.2, 0.25) is 0 Å². The summed E-state index contributed by atoms with van der Waals surface area (Å²) in [6.45, 7) is 5.50. The van der Waals surface area contributed by atoms with Crippen molar-refractivity contribution in [2.24, 2.45) is 0 Å². The fourth-order valence-corrected chi connectivity index (χ4v) is 3.86. The molecule has 0 unspecified atom stereocenters. The Morgan fingerprint density at radius 2 is 1.75 bits per heavy atom. The van der Waals surface area contributed by atoms with Gasteiger partial charge >= 0.3 is 0 Å². The van der Waals surface area contributed by atoms with Crippen LogP contribution < -0.4 is 5.32 Å². The highest BCUT2D eigenvalue weighted by Crippen LogP contribution is 2.26. The van der Waals surface area contributed by atoms with E-state index in [2.05, 4.69) is 57.7 Å². The highest BCUT2D eigenvalue weighted by molar-refractivity contribution is 7.22. The van der Waals surface area contributed by atoms with Crippen LogP contribution >= 0.6 is 11.3 Å². The van der Waals surface area contributed by atoms with Crippen molar-refractivity contribution < 1.29 is 4.74 Å². The molecule has 4 rings (SSSR count). The van der Waals surface area contributed by atoms with Crippen LogP contribution in [0.1, 0.15) is 11.1 Å². The minimum absolute atomic E-state index is 0.806. The Kier molecular flexibility index (Phi) is 4.74. The van der Waals surface area contributed by atoms with E-state index in [1.54, 1.807) is 11.3 Å². The summed E-state index contributed by atoms with van der Waals surface area (Å²) in [5.74, 6) is 0. The first-order valence-corrected chi connectivity index (χ1v) is 9.16. The molecule has 1 aromatic heterocycles. The van der Waals surface area contributed by atoms with Gasteiger partial charge in [0.15, 0.2) is 5.13 Å². The van der Waals surface area contributed by atoms with Gasteiger partial charge in [0.1, 0.15) is 0 Å². The van der Waals surface area contributed by atoms with E-state index in [0.717, 1.165) is 50.0 Å². The molecule has 0 radical (unpaired) electrons. The summed E-state index contributed by atoms with van der Waals surface area (Å²) in [5, 5.41) is 4.48. The Labute approximate surface area is 146 Å². The number of nitrogens with zero attached hydrogens (tertiary/aromatic N) is 2. The molecule has 1 aliphatic rings. The van der Waals surface area contributed by atoms with E-state index >= 15 is 0 Å². The van der Waals surface area contributed by atoms with E-state index in [9.17, 15) is 0 Å². The van der Waals surface area contributed by atoms with Crippen molar-refractivity contribution in [2.75, 3.05) is 31.6 Å². The van der Waals surface area contributed by atoms with Gasteiger partial charge in [0.25, 0.3) is 0 Å². The molecule has 1 aliphatic heterocycles. The minimum atomic E-state index is 0.806. The van der Waals surface area contributed by atoms with Crippen molar-refractivity contribution in [3.8, 4) is 0 Å². The van der Waals surface area contributed by atoms with E-state index in [4.69, 9.17) is 4.74 Å². The maximum atomic E-state index is 5.44. The Balaban J connectivity index is 1.45. The van der Waals surface area contributed by atoms with E-state index in [1.165, 1.54) is 15.8 Å². The SMILES string of the molecule is c1ccc(CN2CCOCC2)c(CNc2nc3ccccc3s2)c1. The zero-order valence-corrected chi connectivity index (χ0v) is 14.4. The number of para-hydroxylation sites is 1. The first kappa shape index (κ1) is 15.6. The normalized spacial score (nSPS) is 15.7. The van der Waals surface area contributed by atoms with E-state index in [1.807, 2.05) is 6.07 Å². The predicted molar refractivity (Wildman–Crippen MR) is 99.5 cm³/mol. The zero-order valence-electron chi connectivity index (χ0n) is 13.6. The molecule has 24 heavy (non-hydrogen) atoms. The number of thiazole rings is 1. The van der Waals surface area contributed by atoms with Crippen LogP contribution in [-0.4, -0.2) is 36.2 Å². The largest absolute Gasteiger partial charge is 0.379 e. The molecule has 0 aliphatic carbocycles. The average Bonchev–Trinajstić information content (AvgIpc) is 3.05. The van der Waals surface area contributed by atoms with Crippen molar-refractivity contribution in [3.63, 3.8) is 0 Å². The fourth-order valence-electron chi connectivity index (χ4n) is 3.00. The zero-order chi connectivity index (χ0) is 16.2. The molecule has 0 spiro atoms. The van der Waals surface area contributed by atoms with Crippen LogP contribution in [0.3, 0.4) is 0 Å². The van der Waals surface area contributed by atoms with Gasteiger partial charge in [-0.3, -0.25) is 4.90 Å². The van der Waals surface area contributed by atoms with Crippen molar-refractivity contribution in [1.29, 1.82) is 0 Å². The summed E-state index contributed by atoms with van der Waals surface area (Å²) in [7, 11) is 0. The van der Waals surface area contributed by atoms with E-state index in [-0.39, 0.29) is 0 Å². The summed E-state index contributed by atoms with van der Waals surface area (Å²) < 4.78 is 6.66. The number of nitrogens with one attached hydrogen (secondary N) is 1. The Hall–Kier alpha value is -1.95. The lowest BCUT2D eigenvalue weighted by Gasteiger charge is -2.27. The molecule has 0 amide bonds. The van der Waals surface area contributed by atoms with Gasteiger partial charge in [-0.25, -0.2) is 4.98 Å². The summed E-state index contributed by atoms with van der Waals surface area (Å²) in [6, 6.07) is 16.9. The fraction of sp³-hybridized carbons (Fsp3) is 0.316. The lowest BCUT2D eigenvalue weighted by Crippen LogP contribution is -2.35. The van der Waals surface area contributed by atoms with Crippen molar-refractivity contribution in [3.05, 3.63) is 59.7 Å². The quantitative estimate of drug-likeness (QED) is 0.768. The molecule has 0 saturated carbocycles. The predicted octanol–water partition coefficient (Wildman–Crippen LogP) is 3.74. The lowest BCUT2D eigenvalue weighted by molar-refractivity contribution is 0.0341. The van der Waals surface area contributed by atoms with Crippen LogP contribution in [0.5, 0.6) is 0 Å². The van der Waals surface area contributed by atoms with Crippen LogP contribution in [0, 0.1) is 0 Å². The Bertz CT molecular complexity index is 778. The highest BCUT2D eigenvalue weighted by atomic mass is 32.1. The third-order valence-electron chi connectivity index (χ3n) is 4.34. The van der Waals surface area contributed by atoms with Gasteiger partial charge in [0.05, 0.1) is 23.4 Å². The van der Waals surface area contributed by atoms with Crippen LogP contribution in [-0.2, 0) is 17.8 Å². The van der Waals surface area contributed by atoms with Crippen molar-refractivity contribution in [1.82, 2.24) is 9.88 Å². The molecule has 1 fully saturated rings.